The van der Waals surface area contributed by atoms with E-state index in [1.165, 1.54) is 32.4 Å². The number of methoxy groups -OCH3 is 2. The predicted octanol–water partition coefficient (Wildman–Crippen LogP) is 5.36. The van der Waals surface area contributed by atoms with Gasteiger partial charge in [-0.05, 0) is 61.7 Å². The molecule has 0 atom stereocenters. The van der Waals surface area contributed by atoms with E-state index in [2.05, 4.69) is 5.32 Å². The molecule has 0 aromatic heterocycles. The first-order chi connectivity index (χ1) is 14.8. The molecular weight excluding hydrogens is 409 g/mol. The highest BCUT2D eigenvalue weighted by Crippen LogP contribution is 2.36. The van der Waals surface area contributed by atoms with Crippen molar-refractivity contribution in [1.29, 1.82) is 0 Å². The van der Waals surface area contributed by atoms with Gasteiger partial charge in [0.1, 0.15) is 11.5 Å². The van der Waals surface area contributed by atoms with E-state index in [4.69, 9.17) is 9.47 Å². The van der Waals surface area contributed by atoms with E-state index < -0.39 is 17.6 Å². The zero-order chi connectivity index (χ0) is 22.4. The molecule has 0 radical (unpaired) electrons. The lowest BCUT2D eigenvalue weighted by molar-refractivity contribution is -0.137. The molecule has 0 saturated carbocycles. The van der Waals surface area contributed by atoms with Crippen LogP contribution in [0.4, 0.5) is 24.5 Å². The van der Waals surface area contributed by atoms with Crippen LogP contribution in [0.3, 0.4) is 0 Å². The minimum atomic E-state index is -4.50. The maximum atomic E-state index is 13.2. The molecule has 3 rings (SSSR count). The fourth-order valence-corrected chi connectivity index (χ4v) is 3.53. The Labute approximate surface area is 179 Å². The van der Waals surface area contributed by atoms with Crippen LogP contribution in [0, 0.1) is 0 Å². The summed E-state index contributed by atoms with van der Waals surface area (Å²) in [6, 6.07) is 8.60. The largest absolute Gasteiger partial charge is 0.497 e. The molecule has 31 heavy (non-hydrogen) atoms. The first kappa shape index (κ1) is 22.5. The van der Waals surface area contributed by atoms with E-state index in [0.29, 0.717) is 22.7 Å². The van der Waals surface area contributed by atoms with Crippen LogP contribution in [0.1, 0.15) is 30.4 Å². The molecule has 1 heterocycles. The van der Waals surface area contributed by atoms with Crippen LogP contribution >= 0.6 is 0 Å². The number of ether oxygens (including phenoxy) is 2. The van der Waals surface area contributed by atoms with Crippen molar-refractivity contribution in [2.45, 2.75) is 25.4 Å². The molecule has 166 valence electrons. The summed E-state index contributed by atoms with van der Waals surface area (Å²) in [6.45, 7) is 1.48. The average molecular weight is 434 g/mol. The van der Waals surface area contributed by atoms with Crippen molar-refractivity contribution in [3.63, 3.8) is 0 Å². The van der Waals surface area contributed by atoms with Gasteiger partial charge in [0.05, 0.1) is 31.2 Å². The van der Waals surface area contributed by atoms with Gasteiger partial charge in [0.15, 0.2) is 0 Å². The van der Waals surface area contributed by atoms with Gasteiger partial charge in [-0.2, -0.15) is 13.2 Å². The number of carbonyl (C=O) groups excluding carboxylic acids is 1. The summed E-state index contributed by atoms with van der Waals surface area (Å²) in [7, 11) is 3.03. The van der Waals surface area contributed by atoms with Gasteiger partial charge in [-0.3, -0.25) is 4.79 Å². The first-order valence-corrected chi connectivity index (χ1v) is 9.99. The molecule has 0 bridgehead atoms. The van der Waals surface area contributed by atoms with Crippen LogP contribution in [0.5, 0.6) is 11.5 Å². The SMILES string of the molecule is COc1ccc(OC)c(C=CC(=O)Nc2cc(C(F)(F)F)ccc2N2CCCCC2)c1. The molecule has 1 aliphatic heterocycles. The van der Waals surface area contributed by atoms with E-state index >= 15 is 0 Å². The average Bonchev–Trinajstić information content (AvgIpc) is 2.77. The van der Waals surface area contributed by atoms with E-state index in [9.17, 15) is 18.0 Å². The molecule has 1 N–H and O–H groups in total. The molecule has 1 amide bonds. The summed E-state index contributed by atoms with van der Waals surface area (Å²) in [5, 5.41) is 2.62. The number of carbonyl (C=O) groups is 1. The second kappa shape index (κ2) is 9.76. The Hall–Kier alpha value is -3.16. The molecule has 8 heteroatoms. The summed E-state index contributed by atoms with van der Waals surface area (Å²) in [4.78, 5) is 14.6. The zero-order valence-electron chi connectivity index (χ0n) is 17.5. The minimum absolute atomic E-state index is 0.143. The van der Waals surface area contributed by atoms with Crippen LogP contribution in [0.15, 0.2) is 42.5 Å². The summed E-state index contributed by atoms with van der Waals surface area (Å²) in [5.41, 5.74) is 0.539. The van der Waals surface area contributed by atoms with Crippen molar-refractivity contribution in [3.8, 4) is 11.5 Å². The van der Waals surface area contributed by atoms with Crippen LogP contribution in [0.25, 0.3) is 6.08 Å². The quantitative estimate of drug-likeness (QED) is 0.622. The van der Waals surface area contributed by atoms with Gasteiger partial charge in [-0.15, -0.1) is 0 Å². The van der Waals surface area contributed by atoms with Gasteiger partial charge in [0.2, 0.25) is 5.91 Å². The van der Waals surface area contributed by atoms with E-state index in [1.54, 1.807) is 18.2 Å². The lowest BCUT2D eigenvalue weighted by atomic mass is 10.1. The molecule has 1 fully saturated rings. The van der Waals surface area contributed by atoms with Gasteiger partial charge >= 0.3 is 6.18 Å². The number of nitrogens with one attached hydrogen (secondary N) is 1. The third kappa shape index (κ3) is 5.71. The highest BCUT2D eigenvalue weighted by molar-refractivity contribution is 6.04. The maximum absolute atomic E-state index is 13.2. The van der Waals surface area contributed by atoms with Crippen LogP contribution in [-0.2, 0) is 11.0 Å². The van der Waals surface area contributed by atoms with Gasteiger partial charge in [0, 0.05) is 24.7 Å². The lowest BCUT2D eigenvalue weighted by Gasteiger charge is -2.31. The van der Waals surface area contributed by atoms with Gasteiger partial charge < -0.3 is 19.7 Å². The second-order valence-corrected chi connectivity index (χ2v) is 7.21. The monoisotopic (exact) mass is 434 g/mol. The van der Waals surface area contributed by atoms with Crippen molar-refractivity contribution in [2.24, 2.45) is 0 Å². The summed E-state index contributed by atoms with van der Waals surface area (Å²) in [6.07, 6.45) is 1.31. The van der Waals surface area contributed by atoms with Crippen LogP contribution in [-0.4, -0.2) is 33.2 Å². The third-order valence-corrected chi connectivity index (χ3v) is 5.13. The molecule has 1 aliphatic rings. The molecular formula is C23H25F3N2O3. The number of hydrogen-bond donors (Lipinski definition) is 1. The van der Waals surface area contributed by atoms with E-state index in [1.807, 2.05) is 4.90 Å². The maximum Gasteiger partial charge on any atom is 0.416 e. The molecule has 2 aromatic carbocycles. The predicted molar refractivity (Wildman–Crippen MR) is 115 cm³/mol. The summed E-state index contributed by atoms with van der Waals surface area (Å²) in [5.74, 6) is 0.589. The van der Waals surface area contributed by atoms with Crippen molar-refractivity contribution in [1.82, 2.24) is 0 Å². The topological polar surface area (TPSA) is 50.8 Å². The minimum Gasteiger partial charge on any atom is -0.497 e. The molecule has 2 aromatic rings. The number of hydrogen-bond acceptors (Lipinski definition) is 4. The molecule has 1 saturated heterocycles. The Bertz CT molecular complexity index is 952. The highest BCUT2D eigenvalue weighted by Gasteiger charge is 2.31. The summed E-state index contributed by atoms with van der Waals surface area (Å²) >= 11 is 0. The Balaban J connectivity index is 1.86. The molecule has 0 unspecified atom stereocenters. The van der Waals surface area contributed by atoms with E-state index in [-0.39, 0.29) is 5.69 Å². The smallest absolute Gasteiger partial charge is 0.416 e. The normalized spacial score (nSPS) is 14.5. The number of anilines is 2. The van der Waals surface area contributed by atoms with Crippen LogP contribution < -0.4 is 19.7 Å². The fourth-order valence-electron chi connectivity index (χ4n) is 3.53. The van der Waals surface area contributed by atoms with Gasteiger partial charge in [-0.25, -0.2) is 0 Å². The number of nitrogens with zero attached hydrogens (tertiary/aromatic N) is 1. The number of halogens is 3. The standard InChI is InChI=1S/C23H25F3N2O3/c1-30-18-8-10-21(31-2)16(14-18)6-11-22(29)27-19-15-17(23(24,25)26)7-9-20(19)28-12-4-3-5-13-28/h6-11,14-15H,3-5,12-13H2,1-2H3,(H,27,29). The highest BCUT2D eigenvalue weighted by atomic mass is 19.4. The Morgan fingerprint density at radius 2 is 1.77 bits per heavy atom. The van der Waals surface area contributed by atoms with Crippen molar-refractivity contribution < 1.29 is 27.4 Å². The number of piperidine rings is 1. The van der Waals surface area contributed by atoms with Crippen molar-refractivity contribution in [2.75, 3.05) is 37.5 Å². The van der Waals surface area contributed by atoms with E-state index in [0.717, 1.165) is 44.5 Å². The second-order valence-electron chi connectivity index (χ2n) is 7.21. The summed E-state index contributed by atoms with van der Waals surface area (Å²) < 4.78 is 50.2. The van der Waals surface area contributed by atoms with Gasteiger partial charge in [-0.1, -0.05) is 0 Å². The fraction of sp³-hybridized carbons (Fsp3) is 0.348. The number of amides is 1. The Kier molecular flexibility index (Phi) is 7.09. The first-order valence-electron chi connectivity index (χ1n) is 9.99. The molecule has 0 aliphatic carbocycles. The Morgan fingerprint density at radius 1 is 1.03 bits per heavy atom. The van der Waals surface area contributed by atoms with Crippen LogP contribution in [0.2, 0.25) is 0 Å². The lowest BCUT2D eigenvalue weighted by Crippen LogP contribution is -2.30. The van der Waals surface area contributed by atoms with Crippen molar-refractivity contribution >= 4 is 23.4 Å². The zero-order valence-corrected chi connectivity index (χ0v) is 17.5. The molecule has 5 nitrogen and oxygen atoms in total. The number of rotatable bonds is 6. The Morgan fingerprint density at radius 3 is 2.42 bits per heavy atom. The van der Waals surface area contributed by atoms with Crippen molar-refractivity contribution in [3.05, 3.63) is 53.6 Å². The van der Waals surface area contributed by atoms with Gasteiger partial charge in [0.25, 0.3) is 0 Å². The number of alkyl halides is 3. The third-order valence-electron chi connectivity index (χ3n) is 5.13. The molecule has 0 spiro atoms. The number of benzene rings is 2.